The second kappa shape index (κ2) is 25.3. The third-order valence-corrected chi connectivity index (χ3v) is 4.18. The van der Waals surface area contributed by atoms with Crippen LogP contribution in [0.1, 0.15) is 74.3 Å². The van der Waals surface area contributed by atoms with E-state index < -0.39 is 23.8 Å². The Balaban J connectivity index is -0.000000750. The molecule has 0 radical (unpaired) electrons. The summed E-state index contributed by atoms with van der Waals surface area (Å²) in [6.07, 6.45) is 0.779. The minimum atomic E-state index is -0.565. The summed E-state index contributed by atoms with van der Waals surface area (Å²) in [5, 5.41) is 7.89. The molecule has 3 N–H and O–H groups in total. The lowest BCUT2D eigenvalue weighted by Gasteiger charge is -2.18. The molecule has 1 aromatic carbocycles. The molecule has 12 nitrogen and oxygen atoms in total. The molecule has 0 bridgehead atoms. The molecule has 0 aliphatic heterocycles. The maximum absolute atomic E-state index is 11.8. The number of anilines is 1. The van der Waals surface area contributed by atoms with E-state index in [1.54, 1.807) is 66.1 Å². The van der Waals surface area contributed by atoms with Crippen LogP contribution in [0.25, 0.3) is 0 Å². The number of hydrogen-bond acceptors (Lipinski definition) is 9. The summed E-state index contributed by atoms with van der Waals surface area (Å²) >= 11 is 0. The van der Waals surface area contributed by atoms with Gasteiger partial charge >= 0.3 is 18.2 Å². The van der Waals surface area contributed by atoms with Crippen LogP contribution in [0.4, 0.5) is 15.3 Å². The van der Waals surface area contributed by atoms with Gasteiger partial charge in [-0.2, -0.15) is 0 Å². The minimum absolute atomic E-state index is 0.00505. The number of nitrogens with one attached hydrogen (secondary N) is 3. The lowest BCUT2D eigenvalue weighted by atomic mass is 10.2. The maximum Gasteiger partial charge on any atom is 0.409 e. The van der Waals surface area contributed by atoms with Gasteiger partial charge in [-0.1, -0.05) is 46.2 Å². The number of nitrogens with zero attached hydrogens (tertiary/aromatic N) is 1. The van der Waals surface area contributed by atoms with Crippen molar-refractivity contribution in [3.05, 3.63) is 29.8 Å². The van der Waals surface area contributed by atoms with Gasteiger partial charge in [0.2, 0.25) is 5.91 Å². The lowest BCUT2D eigenvalue weighted by molar-refractivity contribution is -0.141. The summed E-state index contributed by atoms with van der Waals surface area (Å²) in [4.78, 5) is 56.1. The van der Waals surface area contributed by atoms with Gasteiger partial charge in [-0.3, -0.25) is 9.59 Å². The largest absolute Gasteiger partial charge is 0.464 e. The maximum atomic E-state index is 11.8. The van der Waals surface area contributed by atoms with Crippen molar-refractivity contribution in [2.24, 2.45) is 0 Å². The first-order valence-electron chi connectivity index (χ1n) is 13.7. The van der Waals surface area contributed by atoms with E-state index in [4.69, 9.17) is 14.2 Å². The average Bonchev–Trinajstić information content (AvgIpc) is 2.91. The van der Waals surface area contributed by atoms with Gasteiger partial charge in [0.25, 0.3) is 0 Å². The smallest absolute Gasteiger partial charge is 0.409 e. The van der Waals surface area contributed by atoms with Crippen molar-refractivity contribution >= 4 is 36.0 Å². The van der Waals surface area contributed by atoms with Crippen molar-refractivity contribution in [3.63, 3.8) is 0 Å². The summed E-state index contributed by atoms with van der Waals surface area (Å²) in [7, 11) is 3.28. The number of alkyl carbamates (subject to hydrolysis) is 1. The van der Waals surface area contributed by atoms with Crippen LogP contribution in [0.15, 0.2) is 24.3 Å². The number of benzene rings is 1. The zero-order chi connectivity index (χ0) is 32.4. The molecule has 1 atom stereocenters. The van der Waals surface area contributed by atoms with E-state index in [2.05, 4.69) is 29.8 Å². The van der Waals surface area contributed by atoms with E-state index in [1.807, 2.05) is 13.8 Å². The molecular weight excluding hydrogens is 532 g/mol. The first kappa shape index (κ1) is 41.8. The summed E-state index contributed by atoms with van der Waals surface area (Å²) < 4.78 is 14.8. The Bertz CT molecular complexity index is 871. The second-order valence-electron chi connectivity index (χ2n) is 9.27. The fourth-order valence-electron chi connectivity index (χ4n) is 2.18. The summed E-state index contributed by atoms with van der Waals surface area (Å²) in [5.74, 6) is -0.519. The molecule has 1 unspecified atom stereocenters. The number of ether oxygens (including phenoxy) is 3. The Hall–Kier alpha value is -3.67. The van der Waals surface area contributed by atoms with E-state index in [9.17, 15) is 24.0 Å². The molecule has 1 aromatic rings. The van der Waals surface area contributed by atoms with Gasteiger partial charge in [0.15, 0.2) is 0 Å². The van der Waals surface area contributed by atoms with Crippen molar-refractivity contribution in [2.45, 2.75) is 87.0 Å². The fraction of sp³-hybridized carbons (Fsp3) is 0.621. The number of aldehydes is 1. The molecule has 3 amide bonds. The standard InChI is InChI=1S/C17H25N3O5.C7H13NO3.C3H8.C2H6/c1-12(18-3)16(22)19-15-7-5-14(6-8-15)11-25-17(23)20(4)9-10-24-13(2)21;1-7(2,3)11-6(10)8-4-5-9;1-3-2;1-2/h5-8,12,18H,9-11H2,1-4H3,(H,19,22);5H,4H2,1-3H3,(H,8,10);3H2,1-2H3;1-2H3. The molecule has 0 saturated heterocycles. The van der Waals surface area contributed by atoms with Gasteiger partial charge in [0, 0.05) is 19.7 Å². The molecular formula is C29H52N4O8. The highest BCUT2D eigenvalue weighted by Crippen LogP contribution is 2.11. The molecule has 0 aliphatic carbocycles. The van der Waals surface area contributed by atoms with E-state index in [0.717, 1.165) is 5.56 Å². The van der Waals surface area contributed by atoms with Crippen molar-refractivity contribution in [1.82, 2.24) is 15.5 Å². The van der Waals surface area contributed by atoms with Crippen LogP contribution in [0.3, 0.4) is 0 Å². The Kier molecular flexibility index (Phi) is 25.8. The number of amides is 3. The molecule has 41 heavy (non-hydrogen) atoms. The Labute approximate surface area is 245 Å². The summed E-state index contributed by atoms with van der Waals surface area (Å²) in [5.41, 5.74) is 0.953. The normalized spacial score (nSPS) is 10.3. The highest BCUT2D eigenvalue weighted by Gasteiger charge is 2.15. The molecule has 0 fully saturated rings. The fourth-order valence-corrected chi connectivity index (χ4v) is 2.18. The average molecular weight is 585 g/mol. The van der Waals surface area contributed by atoms with Crippen molar-refractivity contribution in [3.8, 4) is 0 Å². The molecule has 1 rings (SSSR count). The molecule has 0 spiro atoms. The van der Waals surface area contributed by atoms with E-state index >= 15 is 0 Å². The van der Waals surface area contributed by atoms with Crippen molar-refractivity contribution in [1.29, 1.82) is 0 Å². The van der Waals surface area contributed by atoms with Crippen molar-refractivity contribution in [2.75, 3.05) is 39.1 Å². The Morgan fingerprint density at radius 3 is 2.00 bits per heavy atom. The predicted octanol–water partition coefficient (Wildman–Crippen LogP) is 4.52. The second-order valence-corrected chi connectivity index (χ2v) is 9.27. The Morgan fingerprint density at radius 1 is 1.02 bits per heavy atom. The van der Waals surface area contributed by atoms with Gasteiger partial charge in [-0.15, -0.1) is 0 Å². The molecule has 0 aliphatic rings. The number of esters is 1. The minimum Gasteiger partial charge on any atom is -0.464 e. The van der Waals surface area contributed by atoms with Crippen LogP contribution in [-0.4, -0.2) is 80.7 Å². The molecule has 0 heterocycles. The number of rotatable bonds is 10. The zero-order valence-corrected chi connectivity index (χ0v) is 26.7. The van der Waals surface area contributed by atoms with Gasteiger partial charge in [0.1, 0.15) is 25.1 Å². The lowest BCUT2D eigenvalue weighted by Crippen LogP contribution is -2.35. The van der Waals surface area contributed by atoms with E-state index in [1.165, 1.54) is 18.2 Å². The summed E-state index contributed by atoms with van der Waals surface area (Å²) in [6.45, 7) is 17.1. The van der Waals surface area contributed by atoms with Gasteiger partial charge in [-0.25, -0.2) is 9.59 Å². The number of carbonyl (C=O) groups is 5. The van der Waals surface area contributed by atoms with Crippen LogP contribution in [0.2, 0.25) is 0 Å². The SMILES string of the molecule is CC.CC(C)(C)OC(=O)NCC=O.CCC.CNC(C)C(=O)Nc1ccc(COC(=O)N(C)CCOC(C)=O)cc1. The number of hydrogen-bond donors (Lipinski definition) is 3. The van der Waals surface area contributed by atoms with Crippen LogP contribution >= 0.6 is 0 Å². The zero-order valence-electron chi connectivity index (χ0n) is 26.7. The quantitative estimate of drug-likeness (QED) is 0.205. The van der Waals surface area contributed by atoms with E-state index in [-0.39, 0.29) is 38.3 Å². The van der Waals surface area contributed by atoms with Gasteiger partial charge < -0.3 is 39.9 Å². The molecule has 236 valence electrons. The highest BCUT2D eigenvalue weighted by molar-refractivity contribution is 5.94. The third-order valence-electron chi connectivity index (χ3n) is 4.18. The van der Waals surface area contributed by atoms with Crippen LogP contribution in [-0.2, 0) is 35.2 Å². The molecule has 0 aromatic heterocycles. The van der Waals surface area contributed by atoms with Crippen molar-refractivity contribution < 1.29 is 38.2 Å². The highest BCUT2D eigenvalue weighted by atomic mass is 16.6. The predicted molar refractivity (Wildman–Crippen MR) is 161 cm³/mol. The van der Waals surface area contributed by atoms with Crippen LogP contribution in [0.5, 0.6) is 0 Å². The number of likely N-dealkylation sites (N-methyl/N-ethyl adjacent to an activating group) is 2. The van der Waals surface area contributed by atoms with Crippen LogP contribution in [0, 0.1) is 0 Å². The summed E-state index contributed by atoms with van der Waals surface area (Å²) in [6, 6.07) is 6.74. The first-order chi connectivity index (χ1) is 19.2. The topological polar surface area (TPSA) is 152 Å². The Morgan fingerprint density at radius 2 is 1.56 bits per heavy atom. The van der Waals surface area contributed by atoms with Gasteiger partial charge in [0.05, 0.1) is 19.1 Å². The van der Waals surface area contributed by atoms with Crippen LogP contribution < -0.4 is 16.0 Å². The van der Waals surface area contributed by atoms with Gasteiger partial charge in [-0.05, 0) is 52.4 Å². The molecule has 12 heteroatoms. The van der Waals surface area contributed by atoms with E-state index in [0.29, 0.717) is 12.0 Å². The monoisotopic (exact) mass is 584 g/mol. The third kappa shape index (κ3) is 26.3. The molecule has 0 saturated carbocycles. The first-order valence-corrected chi connectivity index (χ1v) is 13.7. The number of carbonyl (C=O) groups excluding carboxylic acids is 5.